The Bertz CT molecular complexity index is 1120. The van der Waals surface area contributed by atoms with Crippen molar-refractivity contribution in [3.8, 4) is 11.5 Å². The van der Waals surface area contributed by atoms with Gasteiger partial charge in [-0.15, -0.1) is 0 Å². The molecule has 0 atom stereocenters. The Labute approximate surface area is 176 Å². The first kappa shape index (κ1) is 20.9. The first-order chi connectivity index (χ1) is 14.4. The third kappa shape index (κ3) is 4.98. The third-order valence-electron chi connectivity index (χ3n) is 3.97. The molecule has 8 nitrogen and oxygen atoms in total. The van der Waals surface area contributed by atoms with E-state index in [1.165, 1.54) is 31.4 Å². The summed E-state index contributed by atoms with van der Waals surface area (Å²) in [6, 6.07) is 12.4. The predicted octanol–water partition coefficient (Wildman–Crippen LogP) is 4.67. The number of halogens is 1. The van der Waals surface area contributed by atoms with Crippen LogP contribution in [0.15, 0.2) is 57.9 Å². The van der Waals surface area contributed by atoms with Gasteiger partial charge < -0.3 is 24.1 Å². The molecule has 0 bridgehead atoms. The molecular formula is C21H16ClNO7. The van der Waals surface area contributed by atoms with Crippen molar-refractivity contribution in [3.63, 3.8) is 0 Å². The molecule has 0 radical (unpaired) electrons. The van der Waals surface area contributed by atoms with Crippen LogP contribution in [0.1, 0.15) is 32.2 Å². The fraction of sp³-hybridized carbons (Fsp3) is 0.0952. The molecule has 0 saturated heterocycles. The highest BCUT2D eigenvalue weighted by Gasteiger charge is 2.11. The van der Waals surface area contributed by atoms with Crippen LogP contribution < -0.4 is 9.47 Å². The summed E-state index contributed by atoms with van der Waals surface area (Å²) in [5.41, 5.74) is 1.09. The van der Waals surface area contributed by atoms with E-state index >= 15 is 0 Å². The Morgan fingerprint density at radius 3 is 2.53 bits per heavy atom. The fourth-order valence-electron chi connectivity index (χ4n) is 2.51. The number of ether oxygens (including phenoxy) is 2. The number of carboxylic acids is 2. The summed E-state index contributed by atoms with van der Waals surface area (Å²) in [5, 5.41) is 18.2. The molecule has 154 valence electrons. The summed E-state index contributed by atoms with van der Waals surface area (Å²) in [5.74, 6) is -1.22. The second-order valence-electron chi connectivity index (χ2n) is 6.00. The molecule has 0 aliphatic heterocycles. The molecule has 2 aromatic carbocycles. The summed E-state index contributed by atoms with van der Waals surface area (Å²) in [6.07, 6.45) is 1.55. The zero-order chi connectivity index (χ0) is 21.7. The first-order valence-electron chi connectivity index (χ1n) is 8.57. The van der Waals surface area contributed by atoms with Gasteiger partial charge in [-0.1, -0.05) is 11.6 Å². The van der Waals surface area contributed by atoms with Gasteiger partial charge in [0.1, 0.15) is 12.4 Å². The average Bonchev–Trinajstić information content (AvgIpc) is 3.21. The number of carboxylic acid groups (broad SMARTS) is 2. The van der Waals surface area contributed by atoms with Crippen LogP contribution >= 0.6 is 11.6 Å². The van der Waals surface area contributed by atoms with Crippen LogP contribution in [-0.4, -0.2) is 35.5 Å². The Hall–Kier alpha value is -3.78. The van der Waals surface area contributed by atoms with E-state index in [0.717, 1.165) is 0 Å². The number of benzene rings is 2. The number of furan rings is 1. The van der Waals surface area contributed by atoms with Crippen molar-refractivity contribution in [2.75, 3.05) is 7.11 Å². The second-order valence-corrected chi connectivity index (χ2v) is 6.40. The number of methoxy groups -OCH3 is 1. The lowest BCUT2D eigenvalue weighted by molar-refractivity contribution is 0.0655. The molecule has 0 amide bonds. The van der Waals surface area contributed by atoms with E-state index in [0.29, 0.717) is 28.5 Å². The predicted molar refractivity (Wildman–Crippen MR) is 109 cm³/mol. The standard InChI is InChI=1S/C21H16ClNO7/c1-28-19-8-12(10-23-13-3-5-16(22)15(9-13)20(24)25)2-6-17(19)29-11-14-4-7-18(30-14)21(26)27/h2-10H,11H2,1H3,(H,24,25)(H,26,27). The van der Waals surface area contributed by atoms with E-state index in [1.54, 1.807) is 30.5 Å². The summed E-state index contributed by atoms with van der Waals surface area (Å²) in [4.78, 5) is 26.3. The van der Waals surface area contributed by atoms with Gasteiger partial charge >= 0.3 is 11.9 Å². The van der Waals surface area contributed by atoms with E-state index in [2.05, 4.69) is 4.99 Å². The van der Waals surface area contributed by atoms with Crippen molar-refractivity contribution in [1.29, 1.82) is 0 Å². The van der Waals surface area contributed by atoms with Crippen molar-refractivity contribution >= 4 is 35.4 Å². The van der Waals surface area contributed by atoms with Gasteiger partial charge in [0.25, 0.3) is 0 Å². The number of rotatable bonds is 8. The lowest BCUT2D eigenvalue weighted by atomic mass is 10.2. The van der Waals surface area contributed by atoms with E-state index in [9.17, 15) is 9.59 Å². The Balaban J connectivity index is 1.73. The summed E-state index contributed by atoms with van der Waals surface area (Å²) < 4.78 is 16.1. The van der Waals surface area contributed by atoms with E-state index in [4.69, 9.17) is 35.7 Å². The molecular weight excluding hydrogens is 414 g/mol. The molecule has 9 heteroatoms. The normalized spacial score (nSPS) is 10.9. The van der Waals surface area contributed by atoms with Crippen LogP contribution in [0.2, 0.25) is 5.02 Å². The smallest absolute Gasteiger partial charge is 0.371 e. The lowest BCUT2D eigenvalue weighted by Gasteiger charge is -2.10. The van der Waals surface area contributed by atoms with Crippen LogP contribution in [0.3, 0.4) is 0 Å². The maximum Gasteiger partial charge on any atom is 0.371 e. The van der Waals surface area contributed by atoms with Crippen molar-refractivity contribution in [2.45, 2.75) is 6.61 Å². The molecule has 30 heavy (non-hydrogen) atoms. The van der Waals surface area contributed by atoms with Crippen molar-refractivity contribution in [2.24, 2.45) is 4.99 Å². The molecule has 0 aliphatic rings. The maximum atomic E-state index is 11.2. The minimum absolute atomic E-state index is 0.0276. The van der Waals surface area contributed by atoms with Crippen molar-refractivity contribution < 1.29 is 33.7 Å². The molecule has 1 aromatic heterocycles. The Morgan fingerprint density at radius 1 is 1.07 bits per heavy atom. The Morgan fingerprint density at radius 2 is 1.87 bits per heavy atom. The number of hydrogen-bond donors (Lipinski definition) is 2. The molecule has 2 N–H and O–H groups in total. The van der Waals surface area contributed by atoms with Gasteiger partial charge in [0, 0.05) is 6.21 Å². The fourth-order valence-corrected chi connectivity index (χ4v) is 2.71. The van der Waals surface area contributed by atoms with Gasteiger partial charge in [-0.2, -0.15) is 0 Å². The van der Waals surface area contributed by atoms with Crippen LogP contribution in [0, 0.1) is 0 Å². The molecule has 3 aromatic rings. The SMILES string of the molecule is COc1cc(C=Nc2ccc(Cl)c(C(=O)O)c2)ccc1OCc1ccc(C(=O)O)o1. The van der Waals surface area contributed by atoms with E-state index in [1.807, 2.05) is 0 Å². The van der Waals surface area contributed by atoms with Crippen LogP contribution in [0.4, 0.5) is 5.69 Å². The molecule has 3 rings (SSSR count). The third-order valence-corrected chi connectivity index (χ3v) is 4.30. The zero-order valence-corrected chi connectivity index (χ0v) is 16.4. The van der Waals surface area contributed by atoms with Crippen LogP contribution in [-0.2, 0) is 6.61 Å². The summed E-state index contributed by atoms with van der Waals surface area (Å²) >= 11 is 5.86. The Kier molecular flexibility index (Phi) is 6.38. The number of hydrogen-bond acceptors (Lipinski definition) is 6. The number of aromatic carboxylic acids is 2. The maximum absolute atomic E-state index is 11.2. The average molecular weight is 430 g/mol. The lowest BCUT2D eigenvalue weighted by Crippen LogP contribution is -1.98. The minimum Gasteiger partial charge on any atom is -0.493 e. The topological polar surface area (TPSA) is 119 Å². The van der Waals surface area contributed by atoms with Gasteiger partial charge in [0.15, 0.2) is 11.5 Å². The molecule has 0 spiro atoms. The second kappa shape index (κ2) is 9.15. The van der Waals surface area contributed by atoms with Crippen molar-refractivity contribution in [1.82, 2.24) is 0 Å². The molecule has 0 fully saturated rings. The van der Waals surface area contributed by atoms with E-state index in [-0.39, 0.29) is 23.0 Å². The highest BCUT2D eigenvalue weighted by molar-refractivity contribution is 6.33. The van der Waals surface area contributed by atoms with Gasteiger partial charge in [-0.05, 0) is 54.1 Å². The first-order valence-corrected chi connectivity index (χ1v) is 8.95. The summed E-state index contributed by atoms with van der Waals surface area (Å²) in [6.45, 7) is 0.0276. The van der Waals surface area contributed by atoms with Gasteiger partial charge in [0.05, 0.1) is 23.4 Å². The quantitative estimate of drug-likeness (QED) is 0.499. The number of nitrogens with zero attached hydrogens (tertiary/aromatic N) is 1. The highest BCUT2D eigenvalue weighted by atomic mass is 35.5. The molecule has 1 heterocycles. The van der Waals surface area contributed by atoms with E-state index < -0.39 is 11.9 Å². The monoisotopic (exact) mass is 429 g/mol. The van der Waals surface area contributed by atoms with Gasteiger partial charge in [0.2, 0.25) is 5.76 Å². The van der Waals surface area contributed by atoms with Gasteiger partial charge in [-0.3, -0.25) is 4.99 Å². The molecule has 0 aliphatic carbocycles. The number of aliphatic imine (C=N–C) groups is 1. The molecule has 0 unspecified atom stereocenters. The van der Waals surface area contributed by atoms with Crippen LogP contribution in [0.5, 0.6) is 11.5 Å². The summed E-state index contributed by atoms with van der Waals surface area (Å²) in [7, 11) is 1.48. The highest BCUT2D eigenvalue weighted by Crippen LogP contribution is 2.29. The largest absolute Gasteiger partial charge is 0.493 e. The zero-order valence-electron chi connectivity index (χ0n) is 15.7. The minimum atomic E-state index is -1.15. The van der Waals surface area contributed by atoms with Crippen LogP contribution in [0.25, 0.3) is 0 Å². The number of carbonyl (C=O) groups is 2. The van der Waals surface area contributed by atoms with Crippen molar-refractivity contribution in [3.05, 3.63) is 76.2 Å². The van der Waals surface area contributed by atoms with Gasteiger partial charge in [-0.25, -0.2) is 9.59 Å². The molecule has 0 saturated carbocycles.